The standard InChI is InChI=1S/C23H27NO2/c1-3-4-17-5-6-18(13-17)7-9-21(25)10-8-19-14-20-15-22(26-2)11-12-23(20)24-16-19/h3,8,10-12,14-18H,1,4-7,9,13H2,2H3/b10-8+. The van der Waals surface area contributed by atoms with E-state index in [0.717, 1.165) is 41.0 Å². The molecule has 3 nitrogen and oxygen atoms in total. The lowest BCUT2D eigenvalue weighted by molar-refractivity contribution is -0.114. The first kappa shape index (κ1) is 18.4. The topological polar surface area (TPSA) is 39.2 Å². The Balaban J connectivity index is 1.54. The Labute approximate surface area is 155 Å². The van der Waals surface area contributed by atoms with E-state index in [1.165, 1.54) is 19.3 Å². The molecule has 0 spiro atoms. The molecule has 0 radical (unpaired) electrons. The van der Waals surface area contributed by atoms with Crippen molar-refractivity contribution in [3.8, 4) is 5.75 Å². The van der Waals surface area contributed by atoms with Crippen LogP contribution in [0.3, 0.4) is 0 Å². The predicted octanol–water partition coefficient (Wildman–Crippen LogP) is 5.60. The van der Waals surface area contributed by atoms with E-state index in [9.17, 15) is 4.79 Å². The second-order valence-corrected chi connectivity index (χ2v) is 7.24. The van der Waals surface area contributed by atoms with Crippen LogP contribution in [0.2, 0.25) is 0 Å². The lowest BCUT2D eigenvalue weighted by atomic mass is 9.97. The summed E-state index contributed by atoms with van der Waals surface area (Å²) < 4.78 is 5.26. The van der Waals surface area contributed by atoms with Gasteiger partial charge in [0, 0.05) is 18.0 Å². The van der Waals surface area contributed by atoms with E-state index in [4.69, 9.17) is 4.74 Å². The molecule has 1 aromatic heterocycles. The number of allylic oxidation sites excluding steroid dienone is 2. The molecular formula is C23H27NO2. The Hall–Kier alpha value is -2.42. The number of fused-ring (bicyclic) bond motifs is 1. The molecule has 0 bridgehead atoms. The lowest BCUT2D eigenvalue weighted by Gasteiger charge is -2.08. The number of hydrogen-bond acceptors (Lipinski definition) is 3. The Bertz CT molecular complexity index is 809. The van der Waals surface area contributed by atoms with Gasteiger partial charge in [0.05, 0.1) is 12.6 Å². The molecule has 1 fully saturated rings. The molecule has 1 aliphatic rings. The fourth-order valence-electron chi connectivity index (χ4n) is 3.85. The maximum atomic E-state index is 12.2. The molecule has 2 unspecified atom stereocenters. The van der Waals surface area contributed by atoms with Gasteiger partial charge in [-0.15, -0.1) is 6.58 Å². The van der Waals surface area contributed by atoms with Gasteiger partial charge in [-0.05, 0) is 79.5 Å². The third-order valence-corrected chi connectivity index (χ3v) is 5.32. The highest BCUT2D eigenvalue weighted by atomic mass is 16.5. The number of nitrogens with zero attached hydrogens (tertiary/aromatic N) is 1. The van der Waals surface area contributed by atoms with Crippen LogP contribution in [0.5, 0.6) is 5.75 Å². The van der Waals surface area contributed by atoms with Gasteiger partial charge in [-0.1, -0.05) is 12.5 Å². The van der Waals surface area contributed by atoms with Crippen LogP contribution in [0.1, 0.15) is 44.1 Å². The average Bonchev–Trinajstić information content (AvgIpc) is 3.12. The van der Waals surface area contributed by atoms with Gasteiger partial charge in [-0.2, -0.15) is 0 Å². The first-order valence-corrected chi connectivity index (χ1v) is 9.43. The van der Waals surface area contributed by atoms with Crippen molar-refractivity contribution in [1.82, 2.24) is 4.98 Å². The monoisotopic (exact) mass is 349 g/mol. The summed E-state index contributed by atoms with van der Waals surface area (Å²) in [5, 5.41) is 1.01. The van der Waals surface area contributed by atoms with Gasteiger partial charge < -0.3 is 4.74 Å². The van der Waals surface area contributed by atoms with Crippen molar-refractivity contribution in [2.45, 2.75) is 38.5 Å². The summed E-state index contributed by atoms with van der Waals surface area (Å²) in [7, 11) is 1.65. The fraction of sp³-hybridized carbons (Fsp3) is 0.391. The van der Waals surface area contributed by atoms with Crippen LogP contribution < -0.4 is 4.74 Å². The van der Waals surface area contributed by atoms with Crippen LogP contribution in [0.15, 0.2) is 49.2 Å². The number of ketones is 1. The number of hydrogen-bond donors (Lipinski definition) is 0. The highest BCUT2D eigenvalue weighted by Crippen LogP contribution is 2.35. The highest BCUT2D eigenvalue weighted by Gasteiger charge is 2.23. The summed E-state index contributed by atoms with van der Waals surface area (Å²) in [4.78, 5) is 16.6. The zero-order valence-corrected chi connectivity index (χ0v) is 15.5. The van der Waals surface area contributed by atoms with Crippen molar-refractivity contribution in [2.24, 2.45) is 11.8 Å². The molecule has 1 saturated carbocycles. The maximum absolute atomic E-state index is 12.2. The van der Waals surface area contributed by atoms with Crippen LogP contribution in [0.25, 0.3) is 17.0 Å². The number of carbonyl (C=O) groups is 1. The van der Waals surface area contributed by atoms with E-state index in [2.05, 4.69) is 11.6 Å². The number of aromatic nitrogens is 1. The van der Waals surface area contributed by atoms with E-state index in [1.54, 1.807) is 19.4 Å². The summed E-state index contributed by atoms with van der Waals surface area (Å²) >= 11 is 0. The molecule has 0 N–H and O–H groups in total. The molecule has 3 rings (SSSR count). The Morgan fingerprint density at radius 1 is 1.31 bits per heavy atom. The van der Waals surface area contributed by atoms with Gasteiger partial charge in [0.1, 0.15) is 5.75 Å². The number of ether oxygens (including phenoxy) is 1. The molecule has 0 saturated heterocycles. The first-order valence-electron chi connectivity index (χ1n) is 9.43. The second kappa shape index (κ2) is 8.79. The number of carbonyl (C=O) groups excluding carboxylic acids is 1. The van der Waals surface area contributed by atoms with Crippen molar-refractivity contribution in [1.29, 1.82) is 0 Å². The molecule has 2 atom stereocenters. The van der Waals surface area contributed by atoms with E-state index >= 15 is 0 Å². The molecule has 0 aliphatic heterocycles. The van der Waals surface area contributed by atoms with E-state index in [-0.39, 0.29) is 5.78 Å². The SMILES string of the molecule is C=CCC1CCC(CCC(=O)/C=C/c2cnc3ccc(OC)cc3c2)C1. The summed E-state index contributed by atoms with van der Waals surface area (Å²) in [6.45, 7) is 3.83. The summed E-state index contributed by atoms with van der Waals surface area (Å²) in [6, 6.07) is 7.83. The normalized spacial score (nSPS) is 19.9. The molecule has 2 aromatic rings. The van der Waals surface area contributed by atoms with Crippen molar-refractivity contribution in [3.05, 3.63) is 54.8 Å². The van der Waals surface area contributed by atoms with Crippen LogP contribution in [0.4, 0.5) is 0 Å². The highest BCUT2D eigenvalue weighted by molar-refractivity contribution is 5.94. The molecule has 0 amide bonds. The molecule has 136 valence electrons. The minimum absolute atomic E-state index is 0.197. The third-order valence-electron chi connectivity index (χ3n) is 5.32. The quantitative estimate of drug-likeness (QED) is 0.460. The van der Waals surface area contributed by atoms with E-state index in [0.29, 0.717) is 12.3 Å². The van der Waals surface area contributed by atoms with Crippen molar-refractivity contribution < 1.29 is 9.53 Å². The molecular weight excluding hydrogens is 322 g/mol. The molecule has 1 aliphatic carbocycles. The number of methoxy groups -OCH3 is 1. The fourth-order valence-corrected chi connectivity index (χ4v) is 3.85. The van der Waals surface area contributed by atoms with E-state index in [1.807, 2.05) is 36.4 Å². The largest absolute Gasteiger partial charge is 0.497 e. The summed E-state index contributed by atoms with van der Waals surface area (Å²) in [5.41, 5.74) is 1.86. The van der Waals surface area contributed by atoms with Gasteiger partial charge in [0.2, 0.25) is 0 Å². The second-order valence-electron chi connectivity index (χ2n) is 7.24. The predicted molar refractivity (Wildman–Crippen MR) is 107 cm³/mol. The van der Waals surface area contributed by atoms with Crippen LogP contribution in [-0.2, 0) is 4.79 Å². The lowest BCUT2D eigenvalue weighted by Crippen LogP contribution is -2.00. The van der Waals surface area contributed by atoms with Crippen LogP contribution in [-0.4, -0.2) is 17.9 Å². The van der Waals surface area contributed by atoms with Gasteiger partial charge in [0.25, 0.3) is 0 Å². The van der Waals surface area contributed by atoms with Crippen LogP contribution >= 0.6 is 0 Å². The van der Waals surface area contributed by atoms with Crippen molar-refractivity contribution in [3.63, 3.8) is 0 Å². The summed E-state index contributed by atoms with van der Waals surface area (Å²) in [6.07, 6.45) is 13.9. The maximum Gasteiger partial charge on any atom is 0.155 e. The number of rotatable bonds is 8. The average molecular weight is 349 g/mol. The molecule has 3 heteroatoms. The zero-order chi connectivity index (χ0) is 18.4. The first-order chi connectivity index (χ1) is 12.7. The number of pyridine rings is 1. The zero-order valence-electron chi connectivity index (χ0n) is 15.5. The van der Waals surface area contributed by atoms with E-state index < -0.39 is 0 Å². The third kappa shape index (κ3) is 4.81. The van der Waals surface area contributed by atoms with Crippen LogP contribution in [0, 0.1) is 11.8 Å². The van der Waals surface area contributed by atoms with Gasteiger partial charge >= 0.3 is 0 Å². The van der Waals surface area contributed by atoms with Crippen molar-refractivity contribution >= 4 is 22.8 Å². The Kier molecular flexibility index (Phi) is 6.21. The minimum atomic E-state index is 0.197. The molecule has 26 heavy (non-hydrogen) atoms. The molecule has 1 aromatic carbocycles. The Morgan fingerprint density at radius 2 is 2.15 bits per heavy atom. The summed E-state index contributed by atoms with van der Waals surface area (Å²) in [5.74, 6) is 2.49. The Morgan fingerprint density at radius 3 is 2.96 bits per heavy atom. The van der Waals surface area contributed by atoms with Gasteiger partial charge in [0.15, 0.2) is 5.78 Å². The van der Waals surface area contributed by atoms with Gasteiger partial charge in [-0.3, -0.25) is 9.78 Å². The van der Waals surface area contributed by atoms with Gasteiger partial charge in [-0.25, -0.2) is 0 Å². The van der Waals surface area contributed by atoms with Crippen molar-refractivity contribution in [2.75, 3.05) is 7.11 Å². The number of benzene rings is 1. The minimum Gasteiger partial charge on any atom is -0.497 e. The molecule has 1 heterocycles. The smallest absolute Gasteiger partial charge is 0.155 e.